The zero-order chi connectivity index (χ0) is 17.4. The Morgan fingerprint density at radius 3 is 2.57 bits per heavy atom. The summed E-state index contributed by atoms with van der Waals surface area (Å²) < 4.78 is 0. The van der Waals surface area contributed by atoms with Crippen molar-refractivity contribution in [3.05, 3.63) is 0 Å². The maximum absolute atomic E-state index is 12.3. The third kappa shape index (κ3) is 5.84. The number of aliphatic carboxylic acids is 1. The molecule has 132 valence electrons. The van der Waals surface area contributed by atoms with Gasteiger partial charge in [-0.3, -0.25) is 14.4 Å². The van der Waals surface area contributed by atoms with Gasteiger partial charge in [-0.25, -0.2) is 0 Å². The summed E-state index contributed by atoms with van der Waals surface area (Å²) in [5.74, 6) is -1.67. The Morgan fingerprint density at radius 2 is 2.00 bits per heavy atom. The summed E-state index contributed by atoms with van der Waals surface area (Å²) in [6.07, 6.45) is 3.69. The number of nitrogens with one attached hydrogen (secondary N) is 1. The Morgan fingerprint density at radius 1 is 1.30 bits per heavy atom. The second-order valence-electron chi connectivity index (χ2n) is 6.50. The van der Waals surface area contributed by atoms with Crippen LogP contribution < -0.4 is 5.32 Å². The molecule has 0 radical (unpaired) electrons. The molecule has 1 aliphatic rings. The van der Waals surface area contributed by atoms with Crippen LogP contribution in [0.1, 0.15) is 52.9 Å². The summed E-state index contributed by atoms with van der Waals surface area (Å²) in [6.45, 7) is 7.14. The average molecular weight is 326 g/mol. The van der Waals surface area contributed by atoms with Gasteiger partial charge in [0.2, 0.25) is 11.8 Å². The van der Waals surface area contributed by atoms with E-state index in [2.05, 4.69) is 5.32 Å². The molecule has 6 heteroatoms. The average Bonchev–Trinajstić information content (AvgIpc) is 2.56. The zero-order valence-electron chi connectivity index (χ0n) is 14.5. The molecule has 1 heterocycles. The van der Waals surface area contributed by atoms with Crippen molar-refractivity contribution in [1.29, 1.82) is 0 Å². The third-order valence-corrected chi connectivity index (χ3v) is 4.65. The fourth-order valence-corrected chi connectivity index (χ4v) is 2.91. The first-order valence-corrected chi connectivity index (χ1v) is 8.69. The Kier molecular flexibility index (Phi) is 8.06. The van der Waals surface area contributed by atoms with Crippen molar-refractivity contribution in [3.8, 4) is 0 Å². The Balaban J connectivity index is 2.52. The van der Waals surface area contributed by atoms with Gasteiger partial charge < -0.3 is 15.3 Å². The van der Waals surface area contributed by atoms with Gasteiger partial charge in [0.25, 0.3) is 0 Å². The van der Waals surface area contributed by atoms with Crippen molar-refractivity contribution in [3.63, 3.8) is 0 Å². The highest BCUT2D eigenvalue weighted by Crippen LogP contribution is 2.19. The number of piperidine rings is 1. The standard InChI is InChI=1S/C17H30N2O4/c1-4-7-13(17(22)23)10-18-15(20)14-8-6-9-19(11-14)16(21)12(3)5-2/h12-14H,4-11H2,1-3H3,(H,18,20)(H,22,23). The zero-order valence-corrected chi connectivity index (χ0v) is 14.5. The first-order valence-electron chi connectivity index (χ1n) is 8.69. The Labute approximate surface area is 138 Å². The lowest BCUT2D eigenvalue weighted by atomic mass is 9.95. The molecule has 0 saturated carbocycles. The number of nitrogens with zero attached hydrogens (tertiary/aromatic N) is 1. The van der Waals surface area contributed by atoms with E-state index in [-0.39, 0.29) is 30.2 Å². The van der Waals surface area contributed by atoms with Crippen LogP contribution >= 0.6 is 0 Å². The highest BCUT2D eigenvalue weighted by molar-refractivity contribution is 5.82. The lowest BCUT2D eigenvalue weighted by Gasteiger charge is -2.33. The first-order chi connectivity index (χ1) is 10.9. The normalized spacial score (nSPS) is 20.7. The minimum absolute atomic E-state index is 0.0160. The van der Waals surface area contributed by atoms with E-state index in [4.69, 9.17) is 5.11 Å². The third-order valence-electron chi connectivity index (χ3n) is 4.65. The van der Waals surface area contributed by atoms with E-state index < -0.39 is 11.9 Å². The van der Waals surface area contributed by atoms with E-state index in [0.29, 0.717) is 19.5 Å². The van der Waals surface area contributed by atoms with Crippen LogP contribution in [0.25, 0.3) is 0 Å². The molecule has 6 nitrogen and oxygen atoms in total. The van der Waals surface area contributed by atoms with Gasteiger partial charge >= 0.3 is 5.97 Å². The summed E-state index contributed by atoms with van der Waals surface area (Å²) in [7, 11) is 0. The van der Waals surface area contributed by atoms with Crippen LogP contribution in [0.5, 0.6) is 0 Å². The molecule has 1 aliphatic heterocycles. The van der Waals surface area contributed by atoms with Crippen LogP contribution in [0.2, 0.25) is 0 Å². The number of carboxylic acids is 1. The second-order valence-corrected chi connectivity index (χ2v) is 6.50. The Hall–Kier alpha value is -1.59. The fourth-order valence-electron chi connectivity index (χ4n) is 2.91. The van der Waals surface area contributed by atoms with Gasteiger partial charge in [0.1, 0.15) is 0 Å². The molecule has 0 bridgehead atoms. The van der Waals surface area contributed by atoms with E-state index in [1.54, 1.807) is 4.90 Å². The summed E-state index contributed by atoms with van der Waals surface area (Å²) in [4.78, 5) is 37.5. The molecule has 0 spiro atoms. The molecule has 1 rings (SSSR count). The number of hydrogen-bond acceptors (Lipinski definition) is 3. The number of likely N-dealkylation sites (tertiary alicyclic amines) is 1. The fraction of sp³-hybridized carbons (Fsp3) is 0.824. The van der Waals surface area contributed by atoms with E-state index in [0.717, 1.165) is 25.7 Å². The van der Waals surface area contributed by atoms with Gasteiger partial charge in [-0.1, -0.05) is 27.2 Å². The molecule has 0 aromatic rings. The van der Waals surface area contributed by atoms with Crippen molar-refractivity contribution in [1.82, 2.24) is 10.2 Å². The molecule has 1 saturated heterocycles. The van der Waals surface area contributed by atoms with E-state index >= 15 is 0 Å². The largest absolute Gasteiger partial charge is 0.481 e. The maximum Gasteiger partial charge on any atom is 0.308 e. The molecule has 0 aromatic heterocycles. The minimum Gasteiger partial charge on any atom is -0.481 e. The number of carbonyl (C=O) groups excluding carboxylic acids is 2. The molecule has 0 aromatic carbocycles. The maximum atomic E-state index is 12.3. The van der Waals surface area contributed by atoms with Crippen molar-refractivity contribution < 1.29 is 19.5 Å². The lowest BCUT2D eigenvalue weighted by molar-refractivity contribution is -0.142. The van der Waals surface area contributed by atoms with Crippen molar-refractivity contribution in [2.24, 2.45) is 17.8 Å². The van der Waals surface area contributed by atoms with E-state index in [9.17, 15) is 14.4 Å². The summed E-state index contributed by atoms with van der Waals surface area (Å²) in [5, 5.41) is 11.9. The summed E-state index contributed by atoms with van der Waals surface area (Å²) >= 11 is 0. The molecule has 3 atom stereocenters. The quantitative estimate of drug-likeness (QED) is 0.713. The number of hydrogen-bond donors (Lipinski definition) is 2. The van der Waals surface area contributed by atoms with Gasteiger partial charge in [-0.2, -0.15) is 0 Å². The number of amides is 2. The van der Waals surface area contributed by atoms with Crippen LogP contribution in [0.4, 0.5) is 0 Å². The van der Waals surface area contributed by atoms with Crippen molar-refractivity contribution in [2.75, 3.05) is 19.6 Å². The van der Waals surface area contributed by atoms with Gasteiger partial charge in [-0.05, 0) is 25.7 Å². The van der Waals surface area contributed by atoms with Crippen LogP contribution in [0.15, 0.2) is 0 Å². The molecule has 0 aliphatic carbocycles. The molecule has 3 unspecified atom stereocenters. The second kappa shape index (κ2) is 9.53. The van der Waals surface area contributed by atoms with Crippen molar-refractivity contribution in [2.45, 2.75) is 52.9 Å². The minimum atomic E-state index is -0.871. The molecule has 2 N–H and O–H groups in total. The Bertz CT molecular complexity index is 425. The van der Waals surface area contributed by atoms with Gasteiger partial charge in [-0.15, -0.1) is 0 Å². The monoisotopic (exact) mass is 326 g/mol. The first kappa shape index (κ1) is 19.5. The van der Waals surface area contributed by atoms with Gasteiger partial charge in [0.05, 0.1) is 11.8 Å². The highest BCUT2D eigenvalue weighted by Gasteiger charge is 2.30. The van der Waals surface area contributed by atoms with Crippen LogP contribution in [-0.2, 0) is 14.4 Å². The molecular formula is C17H30N2O4. The molecule has 1 fully saturated rings. The number of carboxylic acid groups (broad SMARTS) is 1. The molecule has 2 amide bonds. The smallest absolute Gasteiger partial charge is 0.308 e. The summed E-state index contributed by atoms with van der Waals surface area (Å²) in [5.41, 5.74) is 0. The summed E-state index contributed by atoms with van der Waals surface area (Å²) in [6, 6.07) is 0. The number of rotatable bonds is 8. The van der Waals surface area contributed by atoms with Gasteiger partial charge in [0.15, 0.2) is 0 Å². The topological polar surface area (TPSA) is 86.7 Å². The molecular weight excluding hydrogens is 296 g/mol. The predicted octanol–water partition coefficient (Wildman–Crippen LogP) is 1.89. The lowest BCUT2D eigenvalue weighted by Crippen LogP contribution is -2.47. The van der Waals surface area contributed by atoms with Gasteiger partial charge in [0, 0.05) is 25.6 Å². The SMILES string of the molecule is CCCC(CNC(=O)C1CCCN(C(=O)C(C)CC)C1)C(=O)O. The van der Waals surface area contributed by atoms with E-state index in [1.807, 2.05) is 20.8 Å². The van der Waals surface area contributed by atoms with Crippen LogP contribution in [0, 0.1) is 17.8 Å². The van der Waals surface area contributed by atoms with Crippen LogP contribution in [0.3, 0.4) is 0 Å². The molecule has 23 heavy (non-hydrogen) atoms. The van der Waals surface area contributed by atoms with Crippen molar-refractivity contribution >= 4 is 17.8 Å². The highest BCUT2D eigenvalue weighted by atomic mass is 16.4. The predicted molar refractivity (Wildman–Crippen MR) is 87.8 cm³/mol. The van der Waals surface area contributed by atoms with Crippen LogP contribution in [-0.4, -0.2) is 47.4 Å². The number of carbonyl (C=O) groups is 3. The van der Waals surface area contributed by atoms with E-state index in [1.165, 1.54) is 0 Å².